The summed E-state index contributed by atoms with van der Waals surface area (Å²) >= 11 is 1.61. The highest BCUT2D eigenvalue weighted by Crippen LogP contribution is 2.26. The molecule has 0 aliphatic carbocycles. The van der Waals surface area contributed by atoms with E-state index in [1.165, 1.54) is 11.1 Å². The van der Waals surface area contributed by atoms with Gasteiger partial charge in [0, 0.05) is 18.3 Å². The summed E-state index contributed by atoms with van der Waals surface area (Å²) in [6.07, 6.45) is 2.55. The van der Waals surface area contributed by atoms with Gasteiger partial charge in [-0.25, -0.2) is 4.98 Å². The van der Waals surface area contributed by atoms with Crippen molar-refractivity contribution in [3.05, 3.63) is 93.7 Å². The minimum Gasteiger partial charge on any atom is -0.368 e. The highest BCUT2D eigenvalue weighted by molar-refractivity contribution is 7.18. The average molecular weight is 444 g/mol. The Hall–Kier alpha value is -3.09. The molecule has 32 heavy (non-hydrogen) atoms. The van der Waals surface area contributed by atoms with E-state index in [2.05, 4.69) is 47.2 Å². The molecule has 1 amide bonds. The highest BCUT2D eigenvalue weighted by Gasteiger charge is 2.27. The summed E-state index contributed by atoms with van der Waals surface area (Å²) < 4.78 is 7.01. The Bertz CT molecular complexity index is 1250. The number of hydrogen-bond acceptors (Lipinski definition) is 5. The van der Waals surface area contributed by atoms with E-state index < -0.39 is 0 Å². The molecule has 1 aliphatic rings. The Morgan fingerprint density at radius 3 is 2.69 bits per heavy atom. The second kappa shape index (κ2) is 8.81. The predicted octanol–water partition coefficient (Wildman–Crippen LogP) is 5.11. The summed E-state index contributed by atoms with van der Waals surface area (Å²) in [4.78, 5) is 24.1. The number of morpholine rings is 1. The minimum absolute atomic E-state index is 0.0299. The van der Waals surface area contributed by atoms with Crippen molar-refractivity contribution in [3.63, 3.8) is 0 Å². The Morgan fingerprint density at radius 1 is 1.09 bits per heavy atom. The molecule has 5 nitrogen and oxygen atoms in total. The van der Waals surface area contributed by atoms with Crippen LogP contribution in [0.15, 0.2) is 60.8 Å². The predicted molar refractivity (Wildman–Crippen MR) is 127 cm³/mol. The first-order valence-electron chi connectivity index (χ1n) is 10.8. The first kappa shape index (κ1) is 20.8. The Labute approximate surface area is 191 Å². The number of fused-ring (bicyclic) bond motifs is 1. The second-order valence-corrected chi connectivity index (χ2v) is 9.51. The third-order valence-corrected chi connectivity index (χ3v) is 6.74. The number of nitrogens with zero attached hydrogens (tertiary/aromatic N) is 3. The molecule has 1 saturated heterocycles. The molecule has 3 heterocycles. The number of carbonyl (C=O) groups excluding carboxylic acids is 1. The van der Waals surface area contributed by atoms with Gasteiger partial charge in [-0.15, -0.1) is 11.3 Å². The summed E-state index contributed by atoms with van der Waals surface area (Å²) in [5, 5.41) is 1.01. The number of thiazole rings is 1. The standard InChI is InChI=1S/C26H25N3O2S/c1-17-3-5-19(6-4-17)13-20-7-9-22(27-15-20)24-16-29(11-12-31-24)26(30)21-8-10-23-25(14-21)32-18(2)28-23/h3-10,14-15,24H,11-13,16H2,1-2H3/t24-/m0/s1. The minimum atomic E-state index is -0.212. The molecule has 0 radical (unpaired) electrons. The number of aryl methyl sites for hydroxylation is 2. The fraction of sp³-hybridized carbons (Fsp3) is 0.269. The second-order valence-electron chi connectivity index (χ2n) is 8.28. The van der Waals surface area contributed by atoms with Gasteiger partial charge in [-0.05, 0) is 55.7 Å². The molecule has 1 aliphatic heterocycles. The number of rotatable bonds is 4. The molecule has 0 N–H and O–H groups in total. The van der Waals surface area contributed by atoms with Crippen LogP contribution in [-0.2, 0) is 11.2 Å². The highest BCUT2D eigenvalue weighted by atomic mass is 32.1. The van der Waals surface area contributed by atoms with Crippen molar-refractivity contribution in [2.24, 2.45) is 0 Å². The largest absolute Gasteiger partial charge is 0.368 e. The van der Waals surface area contributed by atoms with Crippen LogP contribution in [0.3, 0.4) is 0 Å². The fourth-order valence-electron chi connectivity index (χ4n) is 4.04. The fourth-order valence-corrected chi connectivity index (χ4v) is 4.91. The Kier molecular flexibility index (Phi) is 5.72. The lowest BCUT2D eigenvalue weighted by Crippen LogP contribution is -2.42. The van der Waals surface area contributed by atoms with Gasteiger partial charge in [0.25, 0.3) is 5.91 Å². The quantitative estimate of drug-likeness (QED) is 0.440. The Balaban J connectivity index is 1.27. The van der Waals surface area contributed by atoms with E-state index >= 15 is 0 Å². The summed E-state index contributed by atoms with van der Waals surface area (Å²) in [5.74, 6) is 0.0299. The first-order valence-corrected chi connectivity index (χ1v) is 11.7. The van der Waals surface area contributed by atoms with Gasteiger partial charge in [0.15, 0.2) is 0 Å². The summed E-state index contributed by atoms with van der Waals surface area (Å²) in [7, 11) is 0. The van der Waals surface area contributed by atoms with Crippen molar-refractivity contribution in [2.45, 2.75) is 26.4 Å². The van der Waals surface area contributed by atoms with Gasteiger partial charge in [-0.1, -0.05) is 35.9 Å². The molecule has 5 rings (SSSR count). The van der Waals surface area contributed by atoms with Gasteiger partial charge in [-0.2, -0.15) is 0 Å². The van der Waals surface area contributed by atoms with Crippen LogP contribution in [0.4, 0.5) is 0 Å². The van der Waals surface area contributed by atoms with Crippen molar-refractivity contribution in [3.8, 4) is 0 Å². The number of benzene rings is 2. The third kappa shape index (κ3) is 4.42. The molecule has 0 bridgehead atoms. The zero-order valence-corrected chi connectivity index (χ0v) is 19.1. The topological polar surface area (TPSA) is 55.3 Å². The van der Waals surface area contributed by atoms with E-state index in [0.29, 0.717) is 25.3 Å². The zero-order chi connectivity index (χ0) is 22.1. The van der Waals surface area contributed by atoms with E-state index in [4.69, 9.17) is 4.74 Å². The van der Waals surface area contributed by atoms with E-state index in [0.717, 1.165) is 32.9 Å². The van der Waals surface area contributed by atoms with Gasteiger partial charge >= 0.3 is 0 Å². The van der Waals surface area contributed by atoms with Gasteiger partial charge < -0.3 is 9.64 Å². The van der Waals surface area contributed by atoms with Gasteiger partial charge in [0.2, 0.25) is 0 Å². The smallest absolute Gasteiger partial charge is 0.254 e. The number of ether oxygens (including phenoxy) is 1. The maximum absolute atomic E-state index is 13.1. The molecule has 6 heteroatoms. The van der Waals surface area contributed by atoms with E-state index in [9.17, 15) is 4.79 Å². The molecule has 0 saturated carbocycles. The maximum Gasteiger partial charge on any atom is 0.254 e. The molecule has 0 unspecified atom stereocenters. The van der Waals surface area contributed by atoms with Gasteiger partial charge in [0.1, 0.15) is 6.10 Å². The van der Waals surface area contributed by atoms with Crippen LogP contribution in [0.5, 0.6) is 0 Å². The number of amides is 1. The molecule has 2 aromatic carbocycles. The van der Waals surface area contributed by atoms with Crippen LogP contribution < -0.4 is 0 Å². The van der Waals surface area contributed by atoms with Crippen molar-refractivity contribution in [1.82, 2.24) is 14.9 Å². The third-order valence-electron chi connectivity index (χ3n) is 5.80. The molecule has 162 valence electrons. The summed E-state index contributed by atoms with van der Waals surface area (Å²) in [5.41, 5.74) is 6.20. The van der Waals surface area contributed by atoms with Crippen molar-refractivity contribution < 1.29 is 9.53 Å². The van der Waals surface area contributed by atoms with Gasteiger partial charge in [-0.3, -0.25) is 9.78 Å². The molecular weight excluding hydrogens is 418 g/mol. The number of hydrogen-bond donors (Lipinski definition) is 0. The molecule has 1 atom stereocenters. The van der Waals surface area contributed by atoms with Crippen LogP contribution in [0, 0.1) is 13.8 Å². The zero-order valence-electron chi connectivity index (χ0n) is 18.2. The summed E-state index contributed by atoms with van der Waals surface area (Å²) in [6, 6.07) is 18.4. The number of carbonyl (C=O) groups is 1. The molecule has 4 aromatic rings. The van der Waals surface area contributed by atoms with Crippen LogP contribution in [-0.4, -0.2) is 40.5 Å². The SMILES string of the molecule is Cc1ccc(Cc2ccc([C@@H]3CN(C(=O)c4ccc5nc(C)sc5c4)CCO3)nc2)cc1. The Morgan fingerprint density at radius 2 is 1.91 bits per heavy atom. The number of aromatic nitrogens is 2. The van der Waals surface area contributed by atoms with Gasteiger partial charge in [0.05, 0.1) is 34.1 Å². The van der Waals surface area contributed by atoms with E-state index in [1.807, 2.05) is 42.3 Å². The molecule has 2 aromatic heterocycles. The lowest BCUT2D eigenvalue weighted by molar-refractivity contribution is -0.0247. The average Bonchev–Trinajstić information content (AvgIpc) is 3.20. The molecule has 0 spiro atoms. The normalized spacial score (nSPS) is 16.4. The first-order chi connectivity index (χ1) is 15.5. The van der Waals surface area contributed by atoms with Crippen LogP contribution in [0.1, 0.15) is 43.9 Å². The van der Waals surface area contributed by atoms with E-state index in [-0.39, 0.29) is 12.0 Å². The van der Waals surface area contributed by atoms with Crippen molar-refractivity contribution in [1.29, 1.82) is 0 Å². The van der Waals surface area contributed by atoms with Crippen molar-refractivity contribution in [2.75, 3.05) is 19.7 Å². The molecular formula is C26H25N3O2S. The monoisotopic (exact) mass is 443 g/mol. The van der Waals surface area contributed by atoms with Crippen LogP contribution >= 0.6 is 11.3 Å². The lowest BCUT2D eigenvalue weighted by atomic mass is 10.0. The van der Waals surface area contributed by atoms with E-state index in [1.54, 1.807) is 11.3 Å². The maximum atomic E-state index is 13.1. The van der Waals surface area contributed by atoms with Crippen LogP contribution in [0.2, 0.25) is 0 Å². The summed E-state index contributed by atoms with van der Waals surface area (Å²) in [6.45, 7) is 5.67. The lowest BCUT2D eigenvalue weighted by Gasteiger charge is -2.32. The van der Waals surface area contributed by atoms with Crippen LogP contribution in [0.25, 0.3) is 10.2 Å². The molecule has 1 fully saturated rings. The number of pyridine rings is 1. The van der Waals surface area contributed by atoms with Crippen molar-refractivity contribution >= 4 is 27.5 Å².